The number of piperazine rings is 1. The largest absolute Gasteiger partial charge is 0.328 e. The molecule has 1 fully saturated rings. The average Bonchev–Trinajstić information content (AvgIpc) is 2.25. The summed E-state index contributed by atoms with van der Waals surface area (Å²) in [6.45, 7) is 5.03. The minimum absolute atomic E-state index is 0.418. The molecular formula is C12H18F2N2+2. The fourth-order valence-electron chi connectivity index (χ4n) is 2.14. The summed E-state index contributed by atoms with van der Waals surface area (Å²) in [4.78, 5) is 2.92. The molecule has 0 aromatic heterocycles. The van der Waals surface area contributed by atoms with Crippen molar-refractivity contribution in [2.24, 2.45) is 0 Å². The Morgan fingerprint density at radius 3 is 2.44 bits per heavy atom. The van der Waals surface area contributed by atoms with E-state index in [1.807, 2.05) is 0 Å². The molecular weight excluding hydrogens is 210 g/mol. The predicted molar refractivity (Wildman–Crippen MR) is 57.4 cm³/mol. The summed E-state index contributed by atoms with van der Waals surface area (Å²) in [6.07, 6.45) is 0. The van der Waals surface area contributed by atoms with Crippen LogP contribution in [-0.2, 0) is 6.54 Å². The van der Waals surface area contributed by atoms with Gasteiger partial charge in [0.2, 0.25) is 0 Å². The lowest BCUT2D eigenvalue weighted by molar-refractivity contribution is -1.01. The first-order valence-electron chi connectivity index (χ1n) is 5.74. The second-order valence-corrected chi connectivity index (χ2v) is 4.62. The standard InChI is InChI=1S/C12H16F2N2/c1-15-4-6-16(7-5-15)9-10-2-3-11(13)8-12(10)14/h2-3,8H,4-7,9H2,1H3/p+2. The summed E-state index contributed by atoms with van der Waals surface area (Å²) in [5, 5.41) is 0. The normalized spacial score (nSPS) is 25.7. The van der Waals surface area contributed by atoms with Crippen molar-refractivity contribution < 1.29 is 18.6 Å². The van der Waals surface area contributed by atoms with Gasteiger partial charge in [-0.2, -0.15) is 0 Å². The van der Waals surface area contributed by atoms with Gasteiger partial charge in [0.1, 0.15) is 44.4 Å². The SMILES string of the molecule is C[NH+]1CC[NH+](Cc2ccc(F)cc2F)CC1. The third kappa shape index (κ3) is 2.77. The molecule has 0 spiro atoms. The van der Waals surface area contributed by atoms with Gasteiger partial charge in [0.25, 0.3) is 0 Å². The maximum atomic E-state index is 13.4. The molecule has 1 aliphatic rings. The average molecular weight is 228 g/mol. The number of benzene rings is 1. The Balaban J connectivity index is 1.98. The lowest BCUT2D eigenvalue weighted by atomic mass is 10.2. The highest BCUT2D eigenvalue weighted by atomic mass is 19.1. The fraction of sp³-hybridized carbons (Fsp3) is 0.500. The Bertz CT molecular complexity index is 360. The number of nitrogens with one attached hydrogen (secondary N) is 2. The molecule has 88 valence electrons. The van der Waals surface area contributed by atoms with Gasteiger partial charge in [0, 0.05) is 11.6 Å². The van der Waals surface area contributed by atoms with Crippen molar-refractivity contribution in [1.82, 2.24) is 0 Å². The van der Waals surface area contributed by atoms with Crippen molar-refractivity contribution in [3.05, 3.63) is 35.4 Å². The van der Waals surface area contributed by atoms with Crippen LogP contribution in [0.15, 0.2) is 18.2 Å². The Morgan fingerprint density at radius 2 is 1.81 bits per heavy atom. The summed E-state index contributed by atoms with van der Waals surface area (Å²) >= 11 is 0. The molecule has 4 heteroatoms. The lowest BCUT2D eigenvalue weighted by Gasteiger charge is -2.27. The van der Waals surface area contributed by atoms with Gasteiger partial charge in [-0.25, -0.2) is 8.78 Å². The molecule has 0 amide bonds. The minimum atomic E-state index is -0.501. The zero-order chi connectivity index (χ0) is 11.5. The first kappa shape index (κ1) is 11.5. The van der Waals surface area contributed by atoms with Gasteiger partial charge in [0.15, 0.2) is 0 Å². The zero-order valence-corrected chi connectivity index (χ0v) is 9.52. The van der Waals surface area contributed by atoms with Crippen LogP contribution in [0.2, 0.25) is 0 Å². The van der Waals surface area contributed by atoms with Gasteiger partial charge >= 0.3 is 0 Å². The molecule has 16 heavy (non-hydrogen) atoms. The molecule has 1 saturated heterocycles. The van der Waals surface area contributed by atoms with Gasteiger partial charge in [-0.15, -0.1) is 0 Å². The van der Waals surface area contributed by atoms with Crippen LogP contribution < -0.4 is 9.80 Å². The molecule has 1 aromatic carbocycles. The predicted octanol–water partition coefficient (Wildman–Crippen LogP) is -1.12. The quantitative estimate of drug-likeness (QED) is 0.634. The van der Waals surface area contributed by atoms with Crippen LogP contribution in [0.4, 0.5) is 8.78 Å². The van der Waals surface area contributed by atoms with Crippen molar-refractivity contribution in [2.45, 2.75) is 6.54 Å². The maximum absolute atomic E-state index is 13.4. The first-order chi connectivity index (χ1) is 7.65. The van der Waals surface area contributed by atoms with Crippen molar-refractivity contribution in [2.75, 3.05) is 33.2 Å². The van der Waals surface area contributed by atoms with E-state index in [0.29, 0.717) is 12.1 Å². The summed E-state index contributed by atoms with van der Waals surface area (Å²) in [5.41, 5.74) is 0.621. The smallest absolute Gasteiger partial charge is 0.134 e. The van der Waals surface area contributed by atoms with E-state index in [9.17, 15) is 8.78 Å². The highest BCUT2D eigenvalue weighted by molar-refractivity contribution is 5.17. The third-order valence-electron chi connectivity index (χ3n) is 3.27. The van der Waals surface area contributed by atoms with Crippen LogP contribution in [0.3, 0.4) is 0 Å². The van der Waals surface area contributed by atoms with E-state index in [4.69, 9.17) is 0 Å². The monoisotopic (exact) mass is 228 g/mol. The van der Waals surface area contributed by atoms with Crippen molar-refractivity contribution in [1.29, 1.82) is 0 Å². The van der Waals surface area contributed by atoms with Gasteiger partial charge in [-0.3, -0.25) is 0 Å². The van der Waals surface area contributed by atoms with Crippen molar-refractivity contribution in [3.63, 3.8) is 0 Å². The van der Waals surface area contributed by atoms with Gasteiger partial charge < -0.3 is 9.80 Å². The van der Waals surface area contributed by atoms with Crippen molar-refractivity contribution >= 4 is 0 Å². The highest BCUT2D eigenvalue weighted by Crippen LogP contribution is 2.07. The number of rotatable bonds is 2. The van der Waals surface area contributed by atoms with Crippen molar-refractivity contribution in [3.8, 4) is 0 Å². The van der Waals surface area contributed by atoms with Gasteiger partial charge in [0.05, 0.1) is 7.05 Å². The molecule has 1 aliphatic heterocycles. The Kier molecular flexibility index (Phi) is 3.51. The molecule has 0 saturated carbocycles. The van der Waals surface area contributed by atoms with Crippen LogP contribution in [0, 0.1) is 11.6 Å². The van der Waals surface area contributed by atoms with E-state index in [1.54, 1.807) is 6.07 Å². The van der Waals surface area contributed by atoms with Crippen LogP contribution >= 0.6 is 0 Å². The minimum Gasteiger partial charge on any atom is -0.328 e. The number of hydrogen-bond donors (Lipinski definition) is 2. The molecule has 2 N–H and O–H groups in total. The second-order valence-electron chi connectivity index (χ2n) is 4.62. The summed E-state index contributed by atoms with van der Waals surface area (Å²) < 4.78 is 26.2. The van der Waals surface area contributed by atoms with E-state index >= 15 is 0 Å². The van der Waals surface area contributed by atoms with Crippen LogP contribution in [-0.4, -0.2) is 33.2 Å². The number of halogens is 2. The lowest BCUT2D eigenvalue weighted by Crippen LogP contribution is -3.26. The van der Waals surface area contributed by atoms with E-state index in [1.165, 1.54) is 15.9 Å². The summed E-state index contributed by atoms with van der Waals surface area (Å²) in [5.74, 6) is -0.919. The number of quaternary nitrogens is 2. The van der Waals surface area contributed by atoms with E-state index < -0.39 is 11.6 Å². The molecule has 0 unspecified atom stereocenters. The summed E-state index contributed by atoms with van der Waals surface area (Å²) in [6, 6.07) is 3.86. The van der Waals surface area contributed by atoms with Crippen LogP contribution in [0.5, 0.6) is 0 Å². The number of hydrogen-bond acceptors (Lipinski definition) is 0. The second kappa shape index (κ2) is 4.89. The fourth-order valence-corrected chi connectivity index (χ4v) is 2.14. The molecule has 1 heterocycles. The molecule has 2 nitrogen and oxygen atoms in total. The van der Waals surface area contributed by atoms with Crippen LogP contribution in [0.25, 0.3) is 0 Å². The molecule has 2 rings (SSSR count). The van der Waals surface area contributed by atoms with E-state index in [0.717, 1.165) is 32.2 Å². The Morgan fingerprint density at radius 1 is 1.12 bits per heavy atom. The first-order valence-corrected chi connectivity index (χ1v) is 5.74. The molecule has 0 aliphatic carbocycles. The van der Waals surface area contributed by atoms with E-state index in [2.05, 4.69) is 7.05 Å². The maximum Gasteiger partial charge on any atom is 0.134 e. The molecule has 0 bridgehead atoms. The zero-order valence-electron chi connectivity index (χ0n) is 9.52. The van der Waals surface area contributed by atoms with Crippen LogP contribution in [0.1, 0.15) is 5.56 Å². The molecule has 0 atom stereocenters. The molecule has 1 aromatic rings. The Labute approximate surface area is 94.5 Å². The van der Waals surface area contributed by atoms with Gasteiger partial charge in [-0.1, -0.05) is 0 Å². The topological polar surface area (TPSA) is 8.88 Å². The number of likely N-dealkylation sites (N-methyl/N-ethyl adjacent to an activating group) is 1. The Hall–Kier alpha value is -1.00. The third-order valence-corrected chi connectivity index (χ3v) is 3.27. The van der Waals surface area contributed by atoms with E-state index in [-0.39, 0.29) is 0 Å². The highest BCUT2D eigenvalue weighted by Gasteiger charge is 2.21. The molecule has 0 radical (unpaired) electrons. The van der Waals surface area contributed by atoms with Gasteiger partial charge in [-0.05, 0) is 12.1 Å². The summed E-state index contributed by atoms with van der Waals surface area (Å²) in [7, 11) is 2.18.